The number of halogens is 5. The Bertz CT molecular complexity index is 1740. The number of nitrogens with zero attached hydrogens (tertiary/aromatic N) is 3. The number of carbonyl (C=O) groups is 2. The van der Waals surface area contributed by atoms with E-state index in [9.17, 15) is 40.8 Å². The Labute approximate surface area is 248 Å². The number of benzene rings is 2. The number of aromatic nitrogens is 1. The van der Waals surface area contributed by atoms with E-state index in [1.165, 1.54) is 30.3 Å². The number of hydrogen-bond acceptors (Lipinski definition) is 6. The monoisotopic (exact) mass is 635 g/mol. The minimum absolute atomic E-state index is 0.0214. The molecular weight excluding hydrogens is 614 g/mol. The normalized spacial score (nSPS) is 21.3. The zero-order chi connectivity index (χ0) is 31.2. The van der Waals surface area contributed by atoms with Gasteiger partial charge in [0.25, 0.3) is 11.8 Å². The van der Waals surface area contributed by atoms with Crippen LogP contribution in [0.1, 0.15) is 36.3 Å². The maximum Gasteiger partial charge on any atom is 0.252 e. The van der Waals surface area contributed by atoms with Gasteiger partial charge in [0.15, 0.2) is 5.54 Å². The van der Waals surface area contributed by atoms with Gasteiger partial charge in [0.2, 0.25) is 15.9 Å². The second kappa shape index (κ2) is 11.1. The van der Waals surface area contributed by atoms with Gasteiger partial charge in [-0.25, -0.2) is 35.3 Å². The Morgan fingerprint density at radius 2 is 1.77 bits per heavy atom. The number of sulfonamides is 1. The first-order valence-corrected chi connectivity index (χ1v) is 14.8. The van der Waals surface area contributed by atoms with E-state index in [0.717, 1.165) is 24.4 Å². The van der Waals surface area contributed by atoms with Crippen molar-refractivity contribution < 1.29 is 35.6 Å². The minimum atomic E-state index is -4.46. The van der Waals surface area contributed by atoms with Crippen LogP contribution in [0.5, 0.6) is 0 Å². The molecule has 2 fully saturated rings. The van der Waals surface area contributed by atoms with Gasteiger partial charge in [0.1, 0.15) is 17.5 Å². The number of anilines is 2. The van der Waals surface area contributed by atoms with Crippen molar-refractivity contribution >= 4 is 44.9 Å². The molecule has 1 aliphatic carbocycles. The highest BCUT2D eigenvalue weighted by Gasteiger charge is 2.63. The fraction of sp³-hybridized carbons (Fsp3) is 0.286. The predicted molar refractivity (Wildman–Crippen MR) is 148 cm³/mol. The molecule has 2 aromatic carbocycles. The zero-order valence-electron chi connectivity index (χ0n) is 22.0. The first-order valence-electron chi connectivity index (χ1n) is 12.9. The Morgan fingerprint density at radius 3 is 2.40 bits per heavy atom. The number of pyridine rings is 1. The van der Waals surface area contributed by atoms with Crippen molar-refractivity contribution in [2.75, 3.05) is 15.4 Å². The third-order valence-electron chi connectivity index (χ3n) is 7.37. The van der Waals surface area contributed by atoms with Crippen LogP contribution in [0.2, 0.25) is 5.02 Å². The Hall–Kier alpha value is -4.22. The molecule has 0 bridgehead atoms. The smallest absolute Gasteiger partial charge is 0.252 e. The second-order valence-electron chi connectivity index (χ2n) is 10.3. The molecular formula is C28H22ClF4N5O4S. The first kappa shape index (κ1) is 30.2. The fourth-order valence-corrected chi connectivity index (χ4v) is 7.67. The van der Waals surface area contributed by atoms with E-state index in [4.69, 9.17) is 11.6 Å². The van der Waals surface area contributed by atoms with E-state index in [2.05, 4.69) is 15.6 Å². The van der Waals surface area contributed by atoms with Crippen LogP contribution in [0.3, 0.4) is 0 Å². The average Bonchev–Trinajstić information content (AvgIpc) is 3.19. The van der Waals surface area contributed by atoms with Gasteiger partial charge in [0.05, 0.1) is 23.3 Å². The fourth-order valence-electron chi connectivity index (χ4n) is 5.51. The maximum absolute atomic E-state index is 14.4. The molecule has 1 aliphatic heterocycles. The molecule has 2 N–H and O–H groups in total. The van der Waals surface area contributed by atoms with Crippen LogP contribution in [-0.4, -0.2) is 48.5 Å². The molecule has 43 heavy (non-hydrogen) atoms. The van der Waals surface area contributed by atoms with E-state index in [-0.39, 0.29) is 21.8 Å². The molecule has 224 valence electrons. The molecule has 2 amide bonds. The van der Waals surface area contributed by atoms with Crippen LogP contribution >= 0.6 is 11.6 Å². The summed E-state index contributed by atoms with van der Waals surface area (Å²) in [4.78, 5) is 32.5. The molecule has 1 unspecified atom stereocenters. The van der Waals surface area contributed by atoms with Crippen molar-refractivity contribution in [3.8, 4) is 6.07 Å². The number of nitrogens with one attached hydrogen (secondary N) is 2. The SMILES string of the molecule is N#Cc1ccnc(N2C(C(=O)Nc3cc(F)cc(F)c3)([C@H](C(=O)NC3CC(F)(F)C3)c3ccccc3Cl)CCS2(=O)=O)c1. The third kappa shape index (κ3) is 5.74. The minimum Gasteiger partial charge on any atom is -0.352 e. The topological polar surface area (TPSA) is 132 Å². The molecule has 15 heteroatoms. The summed E-state index contributed by atoms with van der Waals surface area (Å²) < 4.78 is 83.5. The lowest BCUT2D eigenvalue weighted by Crippen LogP contribution is -2.63. The van der Waals surface area contributed by atoms with Crippen LogP contribution in [0.4, 0.5) is 29.1 Å². The van der Waals surface area contributed by atoms with E-state index >= 15 is 0 Å². The van der Waals surface area contributed by atoms with Gasteiger partial charge < -0.3 is 10.6 Å². The Balaban J connectivity index is 1.74. The summed E-state index contributed by atoms with van der Waals surface area (Å²) in [6, 6.07) is 11.2. The van der Waals surface area contributed by atoms with Crippen molar-refractivity contribution in [1.82, 2.24) is 10.3 Å². The van der Waals surface area contributed by atoms with E-state index in [1.807, 2.05) is 6.07 Å². The lowest BCUT2D eigenvalue weighted by atomic mass is 9.74. The largest absolute Gasteiger partial charge is 0.352 e. The summed E-state index contributed by atoms with van der Waals surface area (Å²) in [6.45, 7) is 0. The van der Waals surface area contributed by atoms with Crippen LogP contribution < -0.4 is 14.9 Å². The first-order chi connectivity index (χ1) is 20.3. The molecule has 5 rings (SSSR count). The molecule has 0 spiro atoms. The average molecular weight is 636 g/mol. The molecule has 1 aromatic heterocycles. The maximum atomic E-state index is 14.4. The number of alkyl halides is 2. The highest BCUT2D eigenvalue weighted by Crippen LogP contribution is 2.48. The number of amides is 2. The summed E-state index contributed by atoms with van der Waals surface area (Å²) in [5.41, 5.74) is -2.87. The summed E-state index contributed by atoms with van der Waals surface area (Å²) in [7, 11) is -4.46. The van der Waals surface area contributed by atoms with E-state index < -0.39 is 87.7 Å². The summed E-state index contributed by atoms with van der Waals surface area (Å²) in [5, 5.41) is 14.2. The van der Waals surface area contributed by atoms with Crippen molar-refractivity contribution in [2.45, 2.75) is 42.7 Å². The molecule has 2 atom stereocenters. The Kier molecular flexibility index (Phi) is 7.82. The zero-order valence-corrected chi connectivity index (χ0v) is 23.6. The Morgan fingerprint density at radius 1 is 1.09 bits per heavy atom. The van der Waals surface area contributed by atoms with E-state index in [1.54, 1.807) is 0 Å². The third-order valence-corrected chi connectivity index (χ3v) is 9.50. The standard InChI is InChI=1S/C28H22ClF4N5O4S/c29-22-4-2-1-3-21(22)24(25(39)36-20-13-27(32,33)14-20)28(26(40)37-19-11-17(30)10-18(31)12-19)6-8-43(41,42)38(28)23-9-16(15-34)5-7-35-23/h1-5,7,9-12,20,24H,6,8,13-14H2,(H,36,39)(H,37,40)/t24-,28?/m0/s1. The van der Waals surface area contributed by atoms with Crippen molar-refractivity contribution in [3.05, 3.63) is 88.6 Å². The molecule has 3 aromatic rings. The van der Waals surface area contributed by atoms with Crippen molar-refractivity contribution in [1.29, 1.82) is 5.26 Å². The lowest BCUT2D eigenvalue weighted by Gasteiger charge is -2.43. The van der Waals surface area contributed by atoms with E-state index in [0.29, 0.717) is 10.4 Å². The lowest BCUT2D eigenvalue weighted by molar-refractivity contribution is -0.135. The quantitative estimate of drug-likeness (QED) is 0.368. The highest BCUT2D eigenvalue weighted by molar-refractivity contribution is 7.93. The van der Waals surface area contributed by atoms with Crippen molar-refractivity contribution in [3.63, 3.8) is 0 Å². The van der Waals surface area contributed by atoms with Crippen LogP contribution in [-0.2, 0) is 19.6 Å². The predicted octanol–water partition coefficient (Wildman–Crippen LogP) is 4.50. The van der Waals surface area contributed by atoms with Gasteiger partial charge in [-0.15, -0.1) is 0 Å². The van der Waals surface area contributed by atoms with Gasteiger partial charge in [-0.3, -0.25) is 9.59 Å². The van der Waals surface area contributed by atoms with Crippen molar-refractivity contribution in [2.24, 2.45) is 0 Å². The number of carbonyl (C=O) groups excluding carboxylic acids is 2. The number of hydrogen-bond donors (Lipinski definition) is 2. The highest BCUT2D eigenvalue weighted by atomic mass is 35.5. The molecule has 2 heterocycles. The number of nitriles is 1. The molecule has 9 nitrogen and oxygen atoms in total. The van der Waals surface area contributed by atoms with Gasteiger partial charge in [-0.1, -0.05) is 29.8 Å². The number of rotatable bonds is 7. The molecule has 0 radical (unpaired) electrons. The molecule has 1 saturated carbocycles. The molecule has 2 aliphatic rings. The summed E-state index contributed by atoms with van der Waals surface area (Å²) in [5.74, 6) is -10.1. The summed E-state index contributed by atoms with van der Waals surface area (Å²) in [6.07, 6.45) is -0.776. The van der Waals surface area contributed by atoms with Crippen LogP contribution in [0.25, 0.3) is 0 Å². The molecule has 1 saturated heterocycles. The van der Waals surface area contributed by atoms with Gasteiger partial charge in [0, 0.05) is 41.9 Å². The van der Waals surface area contributed by atoms with Gasteiger partial charge in [-0.2, -0.15) is 5.26 Å². The second-order valence-corrected chi connectivity index (χ2v) is 12.7. The van der Waals surface area contributed by atoms with Crippen LogP contribution in [0, 0.1) is 23.0 Å². The van der Waals surface area contributed by atoms with Gasteiger partial charge >= 0.3 is 0 Å². The van der Waals surface area contributed by atoms with Crippen LogP contribution in [0.15, 0.2) is 60.8 Å². The summed E-state index contributed by atoms with van der Waals surface area (Å²) >= 11 is 6.49. The van der Waals surface area contributed by atoms with Gasteiger partial charge in [-0.05, 0) is 42.3 Å².